The SMILES string of the molecule is Nc1nc2nc(C(=O)NCC(=O)NCC(=O)O)cnc2c(=O)[nH]1. The second-order valence-electron chi connectivity index (χ2n) is 4.23. The number of aliphatic carboxylic acids is 1. The number of H-pyrrole nitrogens is 1. The molecule has 0 saturated carbocycles. The van der Waals surface area contributed by atoms with Crippen LogP contribution in [0.3, 0.4) is 0 Å². The number of carbonyl (C=O) groups excluding carboxylic acids is 2. The largest absolute Gasteiger partial charge is 0.480 e. The number of nitrogens with one attached hydrogen (secondary N) is 3. The Kier molecular flexibility index (Phi) is 4.44. The van der Waals surface area contributed by atoms with Gasteiger partial charge in [0.15, 0.2) is 11.2 Å². The van der Waals surface area contributed by atoms with Gasteiger partial charge in [0, 0.05) is 0 Å². The van der Waals surface area contributed by atoms with E-state index < -0.39 is 36.4 Å². The Balaban J connectivity index is 2.08. The van der Waals surface area contributed by atoms with Crippen molar-refractivity contribution in [1.29, 1.82) is 0 Å². The van der Waals surface area contributed by atoms with Gasteiger partial charge in [-0.15, -0.1) is 0 Å². The third-order valence-electron chi connectivity index (χ3n) is 2.52. The monoisotopic (exact) mass is 321 g/mol. The number of rotatable bonds is 5. The highest BCUT2D eigenvalue weighted by atomic mass is 16.4. The van der Waals surface area contributed by atoms with E-state index in [0.29, 0.717) is 0 Å². The third-order valence-corrected chi connectivity index (χ3v) is 2.52. The highest BCUT2D eigenvalue weighted by Gasteiger charge is 2.13. The molecule has 0 aliphatic heterocycles. The Bertz CT molecular complexity index is 846. The van der Waals surface area contributed by atoms with Gasteiger partial charge in [0.25, 0.3) is 11.5 Å². The smallest absolute Gasteiger partial charge is 0.322 e. The predicted molar refractivity (Wildman–Crippen MR) is 75.3 cm³/mol. The molecule has 0 aliphatic carbocycles. The zero-order chi connectivity index (χ0) is 17.0. The highest BCUT2D eigenvalue weighted by molar-refractivity contribution is 5.96. The maximum Gasteiger partial charge on any atom is 0.322 e. The second kappa shape index (κ2) is 6.46. The zero-order valence-corrected chi connectivity index (χ0v) is 11.5. The van der Waals surface area contributed by atoms with Crippen molar-refractivity contribution in [2.45, 2.75) is 0 Å². The molecule has 2 rings (SSSR count). The average molecular weight is 321 g/mol. The van der Waals surface area contributed by atoms with Crippen LogP contribution in [0.15, 0.2) is 11.0 Å². The molecule has 0 fully saturated rings. The standard InChI is InChI=1S/C11H11N7O5/c12-11-17-8-7(10(23)18-11)14-1-4(16-8)9(22)15-2-5(19)13-3-6(20)21/h1H,2-3H2,(H,13,19)(H,15,22)(H,20,21)(H3,12,16,17,18,23). The summed E-state index contributed by atoms with van der Waals surface area (Å²) in [5.41, 5.74) is 4.39. The molecule has 0 atom stereocenters. The van der Waals surface area contributed by atoms with Crippen molar-refractivity contribution in [3.8, 4) is 0 Å². The molecule has 120 valence electrons. The average Bonchev–Trinajstić information content (AvgIpc) is 2.49. The fraction of sp³-hybridized carbons (Fsp3) is 0.182. The molecule has 2 amide bonds. The lowest BCUT2D eigenvalue weighted by Crippen LogP contribution is -2.39. The van der Waals surface area contributed by atoms with Crippen LogP contribution in [0, 0.1) is 0 Å². The summed E-state index contributed by atoms with van der Waals surface area (Å²) in [4.78, 5) is 58.5. The molecule has 0 unspecified atom stereocenters. The van der Waals surface area contributed by atoms with Gasteiger partial charge in [-0.2, -0.15) is 4.98 Å². The molecule has 6 N–H and O–H groups in total. The maximum absolute atomic E-state index is 11.8. The van der Waals surface area contributed by atoms with Crippen LogP contribution in [0.25, 0.3) is 11.2 Å². The van der Waals surface area contributed by atoms with Crippen molar-refractivity contribution < 1.29 is 19.5 Å². The van der Waals surface area contributed by atoms with Gasteiger partial charge < -0.3 is 21.5 Å². The summed E-state index contributed by atoms with van der Waals surface area (Å²) in [5.74, 6) is -2.82. The number of carboxylic acids is 1. The minimum absolute atomic E-state index is 0.0880. The predicted octanol–water partition coefficient (Wildman–Crippen LogP) is -2.77. The van der Waals surface area contributed by atoms with Crippen molar-refractivity contribution in [3.05, 3.63) is 22.2 Å². The Morgan fingerprint density at radius 1 is 1.22 bits per heavy atom. The molecular formula is C11H11N7O5. The van der Waals surface area contributed by atoms with Gasteiger partial charge in [0.1, 0.15) is 12.2 Å². The summed E-state index contributed by atoms with van der Waals surface area (Å²) in [6.07, 6.45) is 1.04. The van der Waals surface area contributed by atoms with Crippen LogP contribution in [0.2, 0.25) is 0 Å². The summed E-state index contributed by atoms with van der Waals surface area (Å²) < 4.78 is 0. The van der Waals surface area contributed by atoms with E-state index in [2.05, 4.69) is 30.6 Å². The van der Waals surface area contributed by atoms with E-state index in [0.717, 1.165) is 6.20 Å². The van der Waals surface area contributed by atoms with Crippen molar-refractivity contribution in [3.63, 3.8) is 0 Å². The van der Waals surface area contributed by atoms with E-state index in [1.807, 2.05) is 0 Å². The fourth-order valence-corrected chi connectivity index (χ4v) is 1.53. The number of nitrogen functional groups attached to an aromatic ring is 1. The molecule has 23 heavy (non-hydrogen) atoms. The summed E-state index contributed by atoms with van der Waals surface area (Å²) in [6, 6.07) is 0. The van der Waals surface area contributed by atoms with Crippen LogP contribution in [0.1, 0.15) is 10.5 Å². The van der Waals surface area contributed by atoms with E-state index in [-0.39, 0.29) is 22.8 Å². The minimum atomic E-state index is -1.21. The van der Waals surface area contributed by atoms with Crippen LogP contribution in [-0.4, -0.2) is 55.9 Å². The lowest BCUT2D eigenvalue weighted by Gasteiger charge is -2.05. The number of amides is 2. The first kappa shape index (κ1) is 15.8. The maximum atomic E-state index is 11.8. The van der Waals surface area contributed by atoms with Gasteiger partial charge in [0.2, 0.25) is 11.9 Å². The van der Waals surface area contributed by atoms with Crippen molar-refractivity contribution in [2.75, 3.05) is 18.8 Å². The number of anilines is 1. The molecule has 0 aromatic carbocycles. The summed E-state index contributed by atoms with van der Waals surface area (Å²) in [6.45, 7) is -1.01. The van der Waals surface area contributed by atoms with Crippen LogP contribution in [0.4, 0.5) is 5.95 Å². The molecule has 2 aromatic heterocycles. The van der Waals surface area contributed by atoms with E-state index in [1.54, 1.807) is 0 Å². The molecule has 2 aromatic rings. The van der Waals surface area contributed by atoms with Crippen LogP contribution < -0.4 is 21.9 Å². The van der Waals surface area contributed by atoms with Crippen LogP contribution >= 0.6 is 0 Å². The molecule has 2 heterocycles. The summed E-state index contributed by atoms with van der Waals surface area (Å²) >= 11 is 0. The number of nitrogens with two attached hydrogens (primary N) is 1. The molecule has 12 nitrogen and oxygen atoms in total. The highest BCUT2D eigenvalue weighted by Crippen LogP contribution is 2.03. The van der Waals surface area contributed by atoms with Crippen LogP contribution in [0.5, 0.6) is 0 Å². The van der Waals surface area contributed by atoms with Gasteiger partial charge in [-0.25, -0.2) is 9.97 Å². The van der Waals surface area contributed by atoms with Gasteiger partial charge in [-0.3, -0.25) is 24.2 Å². The number of nitrogens with zero attached hydrogens (tertiary/aromatic N) is 3. The normalized spacial score (nSPS) is 10.3. The topological polar surface area (TPSA) is 193 Å². The second-order valence-corrected chi connectivity index (χ2v) is 4.23. The first-order valence-electron chi connectivity index (χ1n) is 6.16. The Hall–Kier alpha value is -3.57. The van der Waals surface area contributed by atoms with Crippen molar-refractivity contribution in [2.24, 2.45) is 0 Å². The molecule has 0 aliphatic rings. The summed E-state index contributed by atoms with van der Waals surface area (Å²) in [7, 11) is 0. The van der Waals surface area contributed by atoms with E-state index >= 15 is 0 Å². The number of hydrogen-bond donors (Lipinski definition) is 5. The minimum Gasteiger partial charge on any atom is -0.480 e. The van der Waals surface area contributed by atoms with Gasteiger partial charge in [-0.05, 0) is 0 Å². The number of carboxylic acid groups (broad SMARTS) is 1. The summed E-state index contributed by atoms with van der Waals surface area (Å²) in [5, 5.41) is 12.7. The molecule has 0 radical (unpaired) electrons. The van der Waals surface area contributed by atoms with Crippen LogP contribution in [-0.2, 0) is 9.59 Å². The number of fused-ring (bicyclic) bond motifs is 1. The van der Waals surface area contributed by atoms with Gasteiger partial charge in [-0.1, -0.05) is 0 Å². The fourth-order valence-electron chi connectivity index (χ4n) is 1.53. The molecule has 0 saturated heterocycles. The van der Waals surface area contributed by atoms with E-state index in [9.17, 15) is 19.2 Å². The Morgan fingerprint density at radius 2 is 1.96 bits per heavy atom. The number of hydrogen-bond acceptors (Lipinski definition) is 8. The third kappa shape index (κ3) is 3.96. The van der Waals surface area contributed by atoms with Gasteiger partial charge in [0.05, 0.1) is 12.7 Å². The molecule has 12 heteroatoms. The Labute approximate surface area is 127 Å². The number of aromatic amines is 1. The Morgan fingerprint density at radius 3 is 2.65 bits per heavy atom. The number of carbonyl (C=O) groups is 3. The molecular weight excluding hydrogens is 310 g/mol. The lowest BCUT2D eigenvalue weighted by atomic mass is 10.4. The quantitative estimate of drug-likeness (QED) is 0.387. The van der Waals surface area contributed by atoms with Gasteiger partial charge >= 0.3 is 5.97 Å². The van der Waals surface area contributed by atoms with Crippen molar-refractivity contribution >= 4 is 34.9 Å². The lowest BCUT2D eigenvalue weighted by molar-refractivity contribution is -0.137. The van der Waals surface area contributed by atoms with Crippen molar-refractivity contribution in [1.82, 2.24) is 30.6 Å². The first-order chi connectivity index (χ1) is 10.9. The molecule has 0 spiro atoms. The molecule has 0 bridgehead atoms. The zero-order valence-electron chi connectivity index (χ0n) is 11.5. The van der Waals surface area contributed by atoms with E-state index in [1.165, 1.54) is 0 Å². The number of aromatic nitrogens is 4. The van der Waals surface area contributed by atoms with E-state index in [4.69, 9.17) is 10.8 Å². The first-order valence-corrected chi connectivity index (χ1v) is 6.16.